The van der Waals surface area contributed by atoms with Crippen LogP contribution in [-0.4, -0.2) is 11.1 Å². The van der Waals surface area contributed by atoms with Crippen molar-refractivity contribution < 1.29 is 0 Å². The predicted molar refractivity (Wildman–Crippen MR) is 57.6 cm³/mol. The largest absolute Gasteiger partial charge is 0.376 e. The standard InChI is InChI=1S/C8H10N4S/c9-7(12-8(10)13)11-6-4-2-1-3-5-6/h1-5H,(H5,9,10,11,12,13). The Labute approximate surface area is 81.6 Å². The van der Waals surface area contributed by atoms with E-state index in [1.165, 1.54) is 0 Å². The molecule has 0 spiro atoms. The summed E-state index contributed by atoms with van der Waals surface area (Å²) in [5.41, 5.74) is 11.4. The smallest absolute Gasteiger partial charge is 0.200 e. The lowest BCUT2D eigenvalue weighted by Gasteiger charge is -2.01. The van der Waals surface area contributed by atoms with Crippen LogP contribution in [0.2, 0.25) is 0 Å². The van der Waals surface area contributed by atoms with E-state index in [9.17, 15) is 0 Å². The van der Waals surface area contributed by atoms with Crippen LogP contribution in [-0.2, 0) is 0 Å². The molecule has 0 fully saturated rings. The van der Waals surface area contributed by atoms with E-state index in [0.29, 0.717) is 0 Å². The fourth-order valence-electron chi connectivity index (χ4n) is 0.796. The highest BCUT2D eigenvalue weighted by Crippen LogP contribution is 2.08. The van der Waals surface area contributed by atoms with Crippen LogP contribution < -0.4 is 16.8 Å². The molecule has 1 aromatic carbocycles. The second-order valence-corrected chi connectivity index (χ2v) is 2.76. The lowest BCUT2D eigenvalue weighted by atomic mass is 10.3. The molecule has 0 aliphatic rings. The Bertz CT molecular complexity index is 320. The fraction of sp³-hybridized carbons (Fsp3) is 0. The van der Waals surface area contributed by atoms with E-state index < -0.39 is 0 Å². The van der Waals surface area contributed by atoms with Gasteiger partial charge in [0.25, 0.3) is 0 Å². The molecule has 4 nitrogen and oxygen atoms in total. The van der Waals surface area contributed by atoms with Gasteiger partial charge in [-0.1, -0.05) is 18.2 Å². The summed E-state index contributed by atoms with van der Waals surface area (Å²) < 4.78 is 0. The normalized spacial score (nSPS) is 10.9. The molecule has 0 aliphatic heterocycles. The van der Waals surface area contributed by atoms with Gasteiger partial charge in [0.05, 0.1) is 5.69 Å². The van der Waals surface area contributed by atoms with E-state index in [-0.39, 0.29) is 11.1 Å². The molecule has 13 heavy (non-hydrogen) atoms. The predicted octanol–water partition coefficient (Wildman–Crippen LogP) is 0.466. The summed E-state index contributed by atoms with van der Waals surface area (Å²) in [4.78, 5) is 4.02. The van der Waals surface area contributed by atoms with Gasteiger partial charge in [-0.05, 0) is 24.4 Å². The first kappa shape index (κ1) is 9.47. The van der Waals surface area contributed by atoms with Gasteiger partial charge in [0.2, 0.25) is 0 Å². The number of benzene rings is 1. The summed E-state index contributed by atoms with van der Waals surface area (Å²) in [5, 5.41) is 2.64. The van der Waals surface area contributed by atoms with Crippen molar-refractivity contribution in [2.45, 2.75) is 0 Å². The molecule has 0 atom stereocenters. The Hall–Kier alpha value is -1.62. The molecule has 5 N–H and O–H groups in total. The van der Waals surface area contributed by atoms with Crippen molar-refractivity contribution in [2.75, 3.05) is 0 Å². The molecule has 0 heterocycles. The van der Waals surface area contributed by atoms with Gasteiger partial charge in [-0.25, -0.2) is 4.99 Å². The number of nitrogens with one attached hydrogen (secondary N) is 1. The van der Waals surface area contributed by atoms with Crippen LogP contribution in [0.4, 0.5) is 5.69 Å². The minimum absolute atomic E-state index is 0.109. The summed E-state index contributed by atoms with van der Waals surface area (Å²) in [6, 6.07) is 9.29. The Morgan fingerprint density at radius 3 is 2.38 bits per heavy atom. The lowest BCUT2D eigenvalue weighted by molar-refractivity contribution is 1.28. The van der Waals surface area contributed by atoms with Gasteiger partial charge >= 0.3 is 0 Å². The average molecular weight is 194 g/mol. The van der Waals surface area contributed by atoms with Crippen molar-refractivity contribution in [1.29, 1.82) is 0 Å². The van der Waals surface area contributed by atoms with Crippen molar-refractivity contribution in [1.82, 2.24) is 5.32 Å². The Balaban J connectivity index is 2.71. The zero-order chi connectivity index (χ0) is 9.68. The number of thiocarbonyl (C=S) groups is 1. The maximum absolute atomic E-state index is 5.48. The summed E-state index contributed by atoms with van der Waals surface area (Å²) >= 11 is 4.59. The minimum atomic E-state index is 0.109. The number of hydrogen-bond acceptors (Lipinski definition) is 2. The van der Waals surface area contributed by atoms with E-state index in [1.54, 1.807) is 0 Å². The third-order valence-corrected chi connectivity index (χ3v) is 1.36. The third kappa shape index (κ3) is 3.53. The van der Waals surface area contributed by atoms with Gasteiger partial charge in [-0.3, -0.25) is 0 Å². The molecule has 0 bridgehead atoms. The van der Waals surface area contributed by atoms with E-state index >= 15 is 0 Å². The third-order valence-electron chi connectivity index (χ3n) is 1.26. The highest BCUT2D eigenvalue weighted by Gasteiger charge is 1.92. The SMILES string of the molecule is NC(=S)N/C(N)=N/c1ccccc1. The first-order valence-corrected chi connectivity index (χ1v) is 4.05. The van der Waals surface area contributed by atoms with Crippen LogP contribution in [0.5, 0.6) is 0 Å². The maximum Gasteiger partial charge on any atom is 0.200 e. The minimum Gasteiger partial charge on any atom is -0.376 e. The molecule has 0 radical (unpaired) electrons. The molecule has 0 saturated carbocycles. The van der Waals surface area contributed by atoms with E-state index in [2.05, 4.69) is 22.5 Å². The lowest BCUT2D eigenvalue weighted by Crippen LogP contribution is -2.39. The second-order valence-electron chi connectivity index (χ2n) is 2.32. The van der Waals surface area contributed by atoms with Crippen molar-refractivity contribution in [2.24, 2.45) is 16.5 Å². The van der Waals surface area contributed by atoms with Gasteiger partial charge in [0.1, 0.15) is 0 Å². The fourth-order valence-corrected chi connectivity index (χ4v) is 0.900. The molecule has 0 aliphatic carbocycles. The summed E-state index contributed by atoms with van der Waals surface area (Å²) in [6.07, 6.45) is 0. The van der Waals surface area contributed by atoms with E-state index in [0.717, 1.165) is 5.69 Å². The summed E-state index contributed by atoms with van der Waals surface area (Å²) in [7, 11) is 0. The summed E-state index contributed by atoms with van der Waals surface area (Å²) in [6.45, 7) is 0. The molecule has 0 saturated heterocycles. The van der Waals surface area contributed by atoms with Gasteiger partial charge in [0.15, 0.2) is 11.1 Å². The van der Waals surface area contributed by atoms with Gasteiger partial charge in [0, 0.05) is 0 Å². The van der Waals surface area contributed by atoms with Crippen molar-refractivity contribution in [3.63, 3.8) is 0 Å². The molecule has 1 aromatic rings. The quantitative estimate of drug-likeness (QED) is 0.345. The number of para-hydroxylation sites is 1. The number of guanidine groups is 1. The van der Waals surface area contributed by atoms with Crippen molar-refractivity contribution >= 4 is 29.0 Å². The topological polar surface area (TPSA) is 76.4 Å². The van der Waals surface area contributed by atoms with Gasteiger partial charge in [-0.15, -0.1) is 0 Å². The van der Waals surface area contributed by atoms with E-state index in [4.69, 9.17) is 11.5 Å². The van der Waals surface area contributed by atoms with Crippen LogP contribution in [0.25, 0.3) is 0 Å². The molecule has 0 unspecified atom stereocenters. The number of nitrogens with two attached hydrogens (primary N) is 2. The molecule has 0 aromatic heterocycles. The van der Waals surface area contributed by atoms with Crippen LogP contribution in [0.1, 0.15) is 0 Å². The first-order chi connectivity index (χ1) is 6.18. The maximum atomic E-state index is 5.48. The number of hydrogen-bond donors (Lipinski definition) is 3. The first-order valence-electron chi connectivity index (χ1n) is 3.64. The highest BCUT2D eigenvalue weighted by atomic mass is 32.1. The van der Waals surface area contributed by atoms with Crippen LogP contribution >= 0.6 is 12.2 Å². The van der Waals surface area contributed by atoms with Crippen LogP contribution in [0, 0.1) is 0 Å². The molecular weight excluding hydrogens is 184 g/mol. The Kier molecular flexibility index (Phi) is 3.22. The Morgan fingerprint density at radius 1 is 1.23 bits per heavy atom. The average Bonchev–Trinajstić information content (AvgIpc) is 2.04. The van der Waals surface area contributed by atoms with Gasteiger partial charge < -0.3 is 16.8 Å². The molecule has 0 amide bonds. The zero-order valence-electron chi connectivity index (χ0n) is 6.90. The zero-order valence-corrected chi connectivity index (χ0v) is 7.71. The molecule has 1 rings (SSSR count). The van der Waals surface area contributed by atoms with Crippen molar-refractivity contribution in [3.05, 3.63) is 30.3 Å². The van der Waals surface area contributed by atoms with Crippen molar-refractivity contribution in [3.8, 4) is 0 Å². The van der Waals surface area contributed by atoms with Crippen LogP contribution in [0.3, 0.4) is 0 Å². The van der Waals surface area contributed by atoms with Crippen LogP contribution in [0.15, 0.2) is 35.3 Å². The summed E-state index contributed by atoms with van der Waals surface area (Å²) in [5.74, 6) is 0.193. The molecule has 5 heteroatoms. The number of nitrogens with zero attached hydrogens (tertiary/aromatic N) is 1. The molecular formula is C8H10N4S. The Morgan fingerprint density at radius 2 is 1.85 bits per heavy atom. The van der Waals surface area contributed by atoms with E-state index in [1.807, 2.05) is 30.3 Å². The second kappa shape index (κ2) is 4.42. The monoisotopic (exact) mass is 194 g/mol. The van der Waals surface area contributed by atoms with Gasteiger partial charge in [-0.2, -0.15) is 0 Å². The number of aliphatic imine (C=N–C) groups is 1. The highest BCUT2D eigenvalue weighted by molar-refractivity contribution is 7.80. The molecule has 68 valence electrons. The number of rotatable bonds is 1.